The van der Waals surface area contributed by atoms with Gasteiger partial charge in [0.2, 0.25) is 5.91 Å². The largest absolute Gasteiger partial charge is 0.478 e. The van der Waals surface area contributed by atoms with Gasteiger partial charge in [-0.1, -0.05) is 23.7 Å². The number of nitrogens with one attached hydrogen (secondary N) is 1. The van der Waals surface area contributed by atoms with Crippen molar-refractivity contribution in [3.05, 3.63) is 86.7 Å². The van der Waals surface area contributed by atoms with E-state index in [1.54, 1.807) is 30.3 Å². The first-order valence-electron chi connectivity index (χ1n) is 9.19. The molecule has 1 amide bonds. The predicted octanol–water partition coefficient (Wildman–Crippen LogP) is 4.51. The normalized spacial score (nSPS) is 14.4. The highest BCUT2D eigenvalue weighted by atomic mass is 35.5. The summed E-state index contributed by atoms with van der Waals surface area (Å²) in [5, 5.41) is 12.2. The fourth-order valence-electron chi connectivity index (χ4n) is 3.40. The quantitative estimate of drug-likeness (QED) is 0.604. The van der Waals surface area contributed by atoms with E-state index in [1.165, 1.54) is 0 Å². The van der Waals surface area contributed by atoms with Gasteiger partial charge in [0.15, 0.2) is 5.43 Å². The number of carbonyl (C=O) groups excluding carboxylic acids is 1. The van der Waals surface area contributed by atoms with Crippen LogP contribution in [0, 0.1) is 0 Å². The summed E-state index contributed by atoms with van der Waals surface area (Å²) in [6.07, 6.45) is 4.93. The van der Waals surface area contributed by atoms with Crippen molar-refractivity contribution < 1.29 is 19.1 Å². The van der Waals surface area contributed by atoms with Crippen molar-refractivity contribution in [2.24, 2.45) is 0 Å². The average molecular weight is 422 g/mol. The van der Waals surface area contributed by atoms with Crippen molar-refractivity contribution in [1.82, 2.24) is 0 Å². The second-order valence-electron chi connectivity index (χ2n) is 6.83. The number of carboxylic acids is 1. The number of allylic oxidation sites excluding steroid dienone is 1. The summed E-state index contributed by atoms with van der Waals surface area (Å²) >= 11 is 5.94. The fourth-order valence-corrected chi connectivity index (χ4v) is 3.52. The van der Waals surface area contributed by atoms with Gasteiger partial charge in [0, 0.05) is 34.5 Å². The van der Waals surface area contributed by atoms with Crippen LogP contribution in [0.2, 0.25) is 5.02 Å². The zero-order valence-corrected chi connectivity index (χ0v) is 16.4. The number of amides is 1. The molecule has 0 bridgehead atoms. The molecule has 7 heteroatoms. The molecule has 2 N–H and O–H groups in total. The second kappa shape index (κ2) is 8.00. The van der Waals surface area contributed by atoms with Crippen molar-refractivity contribution in [2.75, 3.05) is 5.32 Å². The topological polar surface area (TPSA) is 96.6 Å². The first-order chi connectivity index (χ1) is 14.4. The van der Waals surface area contributed by atoms with Crippen molar-refractivity contribution in [3.8, 4) is 0 Å². The summed E-state index contributed by atoms with van der Waals surface area (Å²) in [6.45, 7) is 0. The minimum absolute atomic E-state index is 0.0885. The van der Waals surface area contributed by atoms with E-state index in [9.17, 15) is 14.4 Å². The Labute approximate surface area is 176 Å². The highest BCUT2D eigenvalue weighted by molar-refractivity contribution is 6.30. The number of benzene rings is 2. The Morgan fingerprint density at radius 1 is 1.07 bits per heavy atom. The van der Waals surface area contributed by atoms with Gasteiger partial charge in [-0.15, -0.1) is 0 Å². The van der Waals surface area contributed by atoms with E-state index in [0.717, 1.165) is 23.3 Å². The number of hydrogen-bond donors (Lipinski definition) is 2. The van der Waals surface area contributed by atoms with Gasteiger partial charge in [0.05, 0.1) is 5.39 Å². The molecule has 0 spiro atoms. The van der Waals surface area contributed by atoms with Crippen LogP contribution in [-0.2, 0) is 16.0 Å². The lowest BCUT2D eigenvalue weighted by Gasteiger charge is -2.07. The SMILES string of the molecule is O=C(O)/C=C\C(=O)Nc1ccc2c(=O)c3c(oc2c1)C(=Cc1ccc(Cl)cc1)CC3. The van der Waals surface area contributed by atoms with E-state index in [2.05, 4.69) is 5.32 Å². The molecule has 0 fully saturated rings. The number of fused-ring (bicyclic) bond motifs is 2. The summed E-state index contributed by atoms with van der Waals surface area (Å²) < 4.78 is 6.06. The Kier molecular flexibility index (Phi) is 5.25. The lowest BCUT2D eigenvalue weighted by atomic mass is 10.1. The molecule has 1 aromatic heterocycles. The van der Waals surface area contributed by atoms with Crippen LogP contribution in [0.15, 0.2) is 63.8 Å². The highest BCUT2D eigenvalue weighted by Crippen LogP contribution is 2.34. The van der Waals surface area contributed by atoms with Crippen molar-refractivity contribution in [3.63, 3.8) is 0 Å². The third-order valence-corrected chi connectivity index (χ3v) is 5.03. The molecule has 0 atom stereocenters. The van der Waals surface area contributed by atoms with Crippen molar-refractivity contribution in [2.45, 2.75) is 12.8 Å². The fraction of sp³-hybridized carbons (Fsp3) is 0.0870. The zero-order valence-electron chi connectivity index (χ0n) is 15.6. The number of anilines is 1. The van der Waals surface area contributed by atoms with Crippen LogP contribution in [0.5, 0.6) is 0 Å². The lowest BCUT2D eigenvalue weighted by molar-refractivity contribution is -0.131. The number of aliphatic carboxylic acids is 1. The maximum atomic E-state index is 12.9. The van der Waals surface area contributed by atoms with Crippen LogP contribution in [0.4, 0.5) is 5.69 Å². The molecule has 0 unspecified atom stereocenters. The number of hydrogen-bond acceptors (Lipinski definition) is 4. The first kappa shape index (κ1) is 19.7. The maximum absolute atomic E-state index is 12.9. The van der Waals surface area contributed by atoms with Crippen LogP contribution < -0.4 is 10.7 Å². The van der Waals surface area contributed by atoms with Gasteiger partial charge < -0.3 is 14.8 Å². The number of carbonyl (C=O) groups is 2. The molecule has 6 nitrogen and oxygen atoms in total. The highest BCUT2D eigenvalue weighted by Gasteiger charge is 2.24. The van der Waals surface area contributed by atoms with E-state index in [-0.39, 0.29) is 5.43 Å². The molecule has 150 valence electrons. The third kappa shape index (κ3) is 4.04. The summed E-state index contributed by atoms with van der Waals surface area (Å²) in [5.74, 6) is -1.26. The average Bonchev–Trinajstić information content (AvgIpc) is 3.11. The molecule has 4 rings (SSSR count). The van der Waals surface area contributed by atoms with Gasteiger partial charge in [-0.05, 0) is 54.3 Å². The van der Waals surface area contributed by atoms with Crippen LogP contribution in [-0.4, -0.2) is 17.0 Å². The molecular weight excluding hydrogens is 406 g/mol. The van der Waals surface area contributed by atoms with E-state index < -0.39 is 11.9 Å². The molecule has 0 saturated heterocycles. The van der Waals surface area contributed by atoms with Crippen molar-refractivity contribution >= 4 is 51.8 Å². The molecule has 3 aromatic rings. The number of halogens is 1. The van der Waals surface area contributed by atoms with E-state index in [1.807, 2.05) is 18.2 Å². The lowest BCUT2D eigenvalue weighted by Crippen LogP contribution is -2.11. The standard InChI is InChI=1S/C23H16ClNO5/c24-15-4-1-13(2-5-15)11-14-3-7-18-22(29)17-8-6-16(12-19(17)30-23(14)18)25-20(26)9-10-21(27)28/h1-2,4-6,8-12H,3,7H2,(H,25,26)(H,27,28)/b10-9-,14-11?. The number of rotatable bonds is 4. The molecule has 30 heavy (non-hydrogen) atoms. The molecule has 1 aliphatic rings. The summed E-state index contributed by atoms with van der Waals surface area (Å²) in [7, 11) is 0. The van der Waals surface area contributed by atoms with Gasteiger partial charge in [-0.3, -0.25) is 9.59 Å². The van der Waals surface area contributed by atoms with Crippen LogP contribution in [0.1, 0.15) is 23.3 Å². The third-order valence-electron chi connectivity index (χ3n) is 4.78. The van der Waals surface area contributed by atoms with Gasteiger partial charge in [-0.2, -0.15) is 0 Å². The van der Waals surface area contributed by atoms with Crippen LogP contribution in [0.3, 0.4) is 0 Å². The first-order valence-corrected chi connectivity index (χ1v) is 9.57. The Morgan fingerprint density at radius 2 is 1.83 bits per heavy atom. The molecule has 1 heterocycles. The van der Waals surface area contributed by atoms with E-state index in [0.29, 0.717) is 45.8 Å². The summed E-state index contributed by atoms with van der Waals surface area (Å²) in [5.41, 5.74) is 3.18. The van der Waals surface area contributed by atoms with Crippen LogP contribution >= 0.6 is 11.6 Å². The Morgan fingerprint density at radius 3 is 2.57 bits per heavy atom. The van der Waals surface area contributed by atoms with Gasteiger partial charge in [-0.25, -0.2) is 4.79 Å². The molecule has 0 aliphatic heterocycles. The maximum Gasteiger partial charge on any atom is 0.328 e. The molecule has 0 radical (unpaired) electrons. The van der Waals surface area contributed by atoms with Gasteiger partial charge >= 0.3 is 5.97 Å². The zero-order chi connectivity index (χ0) is 21.3. The van der Waals surface area contributed by atoms with Crippen molar-refractivity contribution in [1.29, 1.82) is 0 Å². The molecule has 2 aromatic carbocycles. The van der Waals surface area contributed by atoms with Gasteiger partial charge in [0.1, 0.15) is 11.3 Å². The number of carboxylic acid groups (broad SMARTS) is 1. The van der Waals surface area contributed by atoms with Gasteiger partial charge in [0.25, 0.3) is 0 Å². The monoisotopic (exact) mass is 421 g/mol. The Bertz CT molecular complexity index is 1290. The summed E-state index contributed by atoms with van der Waals surface area (Å²) in [4.78, 5) is 35.2. The predicted molar refractivity (Wildman–Crippen MR) is 116 cm³/mol. The summed E-state index contributed by atoms with van der Waals surface area (Å²) in [6, 6.07) is 12.1. The molecule has 0 saturated carbocycles. The Balaban J connectivity index is 1.71. The minimum atomic E-state index is -1.22. The molecule has 1 aliphatic carbocycles. The second-order valence-corrected chi connectivity index (χ2v) is 7.27. The minimum Gasteiger partial charge on any atom is -0.478 e. The molecular formula is C23H16ClNO5. The van der Waals surface area contributed by atoms with Crippen LogP contribution in [0.25, 0.3) is 22.6 Å². The Hall–Kier alpha value is -3.64. The van der Waals surface area contributed by atoms with E-state index >= 15 is 0 Å². The smallest absolute Gasteiger partial charge is 0.328 e. The van der Waals surface area contributed by atoms with E-state index in [4.69, 9.17) is 21.1 Å².